The highest BCUT2D eigenvalue weighted by molar-refractivity contribution is 14.1. The summed E-state index contributed by atoms with van der Waals surface area (Å²) in [5.74, 6) is -3.72. The Morgan fingerprint density at radius 3 is 1.61 bits per heavy atom. The molecule has 0 radical (unpaired) electrons. The topological polar surface area (TPSA) is 72.8 Å². The highest BCUT2D eigenvalue weighted by Gasteiger charge is 2.76. The average molecular weight is 466 g/mol. The molecule has 0 aromatic heterocycles. The normalized spacial score (nSPS) is 15.7. The zero-order valence-corrected chi connectivity index (χ0v) is 14.0. The van der Waals surface area contributed by atoms with E-state index in [4.69, 9.17) is 5.11 Å². The summed E-state index contributed by atoms with van der Waals surface area (Å²) in [7, 11) is 0. The molecule has 5 nitrogen and oxygen atoms in total. The van der Waals surface area contributed by atoms with Gasteiger partial charge < -0.3 is 14.6 Å². The van der Waals surface area contributed by atoms with Gasteiger partial charge in [0.1, 0.15) is 16.6 Å². The van der Waals surface area contributed by atoms with E-state index in [9.17, 15) is 35.9 Å². The van der Waals surface area contributed by atoms with Crippen molar-refractivity contribution in [1.29, 1.82) is 0 Å². The smallest absolute Gasteiger partial charge is 0.437 e. The maximum absolute atomic E-state index is 12.3. The van der Waals surface area contributed by atoms with Gasteiger partial charge in [-0.2, -0.15) is 26.3 Å². The second-order valence-electron chi connectivity index (χ2n) is 4.53. The van der Waals surface area contributed by atoms with E-state index < -0.39 is 46.5 Å². The number of carbonyl (C=O) groups excluding carboxylic acids is 2. The van der Waals surface area contributed by atoms with Crippen LogP contribution in [0.2, 0.25) is 0 Å². The van der Waals surface area contributed by atoms with Crippen LogP contribution in [-0.2, 0) is 19.1 Å². The SMILES string of the molecule is CCC(C)(I)C(=O)OCCOC(=O)C(O)(C(F)(F)F)C(F)(F)F. The number of hydrogen-bond donors (Lipinski definition) is 1. The van der Waals surface area contributed by atoms with Gasteiger partial charge in [0.25, 0.3) is 0 Å². The predicted octanol–water partition coefficient (Wildman–Crippen LogP) is 2.53. The molecule has 0 aliphatic rings. The van der Waals surface area contributed by atoms with E-state index in [-0.39, 0.29) is 0 Å². The molecule has 0 saturated carbocycles. The van der Waals surface area contributed by atoms with Gasteiger partial charge in [-0.05, 0) is 13.3 Å². The van der Waals surface area contributed by atoms with Crippen molar-refractivity contribution >= 4 is 34.5 Å². The molecule has 0 saturated heterocycles. The maximum atomic E-state index is 12.3. The molecule has 0 bridgehead atoms. The van der Waals surface area contributed by atoms with Gasteiger partial charge in [0.15, 0.2) is 0 Å². The van der Waals surface area contributed by atoms with Crippen LogP contribution in [0.25, 0.3) is 0 Å². The quantitative estimate of drug-likeness (QED) is 0.214. The highest BCUT2D eigenvalue weighted by atomic mass is 127. The van der Waals surface area contributed by atoms with Crippen LogP contribution in [0.15, 0.2) is 0 Å². The van der Waals surface area contributed by atoms with E-state index in [1.165, 1.54) is 6.92 Å². The van der Waals surface area contributed by atoms with Gasteiger partial charge in [-0.1, -0.05) is 29.5 Å². The molecule has 23 heavy (non-hydrogen) atoms. The molecule has 0 amide bonds. The minimum absolute atomic E-state index is 0.355. The van der Waals surface area contributed by atoms with E-state index in [2.05, 4.69) is 9.47 Å². The number of hydrogen-bond acceptors (Lipinski definition) is 5. The van der Waals surface area contributed by atoms with E-state index in [0.717, 1.165) is 0 Å². The van der Waals surface area contributed by atoms with Crippen molar-refractivity contribution in [2.24, 2.45) is 0 Å². The lowest BCUT2D eigenvalue weighted by Gasteiger charge is -2.29. The van der Waals surface area contributed by atoms with Crippen LogP contribution in [0.5, 0.6) is 0 Å². The monoisotopic (exact) mass is 466 g/mol. The molecular weight excluding hydrogens is 453 g/mol. The molecule has 0 aromatic carbocycles. The standard InChI is InChI=1S/C11H13F6IO5/c1-3-8(2,18)6(19)22-4-5-23-7(20)9(21,10(12,13)14)11(15,16)17/h21H,3-5H2,1-2H3. The Bertz CT molecular complexity index is 431. The van der Waals surface area contributed by atoms with Crippen LogP contribution in [0.3, 0.4) is 0 Å². The van der Waals surface area contributed by atoms with E-state index >= 15 is 0 Å². The number of rotatable bonds is 6. The van der Waals surface area contributed by atoms with Crippen LogP contribution < -0.4 is 0 Å². The summed E-state index contributed by atoms with van der Waals surface area (Å²) < 4.78 is 81.4. The Kier molecular flexibility index (Phi) is 7.15. The Morgan fingerprint density at radius 2 is 1.30 bits per heavy atom. The molecule has 0 aromatic rings. The second kappa shape index (κ2) is 7.40. The average Bonchev–Trinajstić information content (AvgIpc) is 2.39. The van der Waals surface area contributed by atoms with Crippen molar-refractivity contribution in [2.45, 2.75) is 41.6 Å². The Balaban J connectivity index is 4.74. The number of aliphatic hydroxyl groups is 1. The molecule has 136 valence electrons. The molecule has 0 aliphatic carbocycles. The summed E-state index contributed by atoms with van der Waals surface area (Å²) in [5.41, 5.74) is -5.65. The zero-order chi connectivity index (χ0) is 18.7. The minimum Gasteiger partial charge on any atom is -0.461 e. The van der Waals surface area contributed by atoms with Crippen molar-refractivity contribution in [1.82, 2.24) is 0 Å². The molecule has 0 heterocycles. The summed E-state index contributed by atoms with van der Waals surface area (Å²) in [6.45, 7) is 1.32. The molecule has 1 unspecified atom stereocenters. The molecule has 12 heteroatoms. The fraction of sp³-hybridized carbons (Fsp3) is 0.818. The fourth-order valence-electron chi connectivity index (χ4n) is 1.06. The molecule has 1 N–H and O–H groups in total. The molecule has 0 fully saturated rings. The number of halogens is 7. The molecule has 0 rings (SSSR count). The van der Waals surface area contributed by atoms with Gasteiger partial charge >= 0.3 is 29.9 Å². The van der Waals surface area contributed by atoms with Gasteiger partial charge in [-0.3, -0.25) is 4.79 Å². The van der Waals surface area contributed by atoms with Crippen molar-refractivity contribution in [2.75, 3.05) is 13.2 Å². The van der Waals surface area contributed by atoms with E-state index in [1.54, 1.807) is 29.5 Å². The van der Waals surface area contributed by atoms with Gasteiger partial charge in [0.2, 0.25) is 0 Å². The first-order valence-electron chi connectivity index (χ1n) is 6.00. The second-order valence-corrected chi connectivity index (χ2v) is 6.91. The lowest BCUT2D eigenvalue weighted by molar-refractivity contribution is -0.357. The van der Waals surface area contributed by atoms with Gasteiger partial charge in [-0.15, -0.1) is 0 Å². The maximum Gasteiger partial charge on any atom is 0.437 e. The van der Waals surface area contributed by atoms with Crippen molar-refractivity contribution in [3.05, 3.63) is 0 Å². The third-order valence-electron chi connectivity index (χ3n) is 2.76. The summed E-state index contributed by atoms with van der Waals surface area (Å²) >= 11 is 1.74. The lowest BCUT2D eigenvalue weighted by Crippen LogP contribution is -2.63. The van der Waals surface area contributed by atoms with Crippen molar-refractivity contribution in [3.63, 3.8) is 0 Å². The summed E-state index contributed by atoms with van der Waals surface area (Å²) in [6.07, 6.45) is -12.3. The summed E-state index contributed by atoms with van der Waals surface area (Å²) in [4.78, 5) is 22.5. The van der Waals surface area contributed by atoms with Crippen LogP contribution >= 0.6 is 22.6 Å². The molecule has 0 aliphatic heterocycles. The Morgan fingerprint density at radius 1 is 0.957 bits per heavy atom. The van der Waals surface area contributed by atoms with Crippen LogP contribution in [0, 0.1) is 0 Å². The van der Waals surface area contributed by atoms with E-state index in [0.29, 0.717) is 6.42 Å². The highest BCUT2D eigenvalue weighted by Crippen LogP contribution is 2.43. The summed E-state index contributed by atoms with van der Waals surface area (Å²) in [6, 6.07) is 0. The fourth-order valence-corrected chi connectivity index (χ4v) is 1.22. The zero-order valence-electron chi connectivity index (χ0n) is 11.8. The predicted molar refractivity (Wildman–Crippen MR) is 71.7 cm³/mol. The number of esters is 2. The summed E-state index contributed by atoms with van der Waals surface area (Å²) in [5, 5.41) is 8.70. The van der Waals surface area contributed by atoms with Gasteiger partial charge in [-0.25, -0.2) is 4.79 Å². The number of carbonyl (C=O) groups is 2. The van der Waals surface area contributed by atoms with Crippen molar-refractivity contribution < 1.29 is 50.5 Å². The largest absolute Gasteiger partial charge is 0.461 e. The third-order valence-corrected chi connectivity index (χ3v) is 3.96. The van der Waals surface area contributed by atoms with Crippen LogP contribution in [0.1, 0.15) is 20.3 Å². The molecule has 1 atom stereocenters. The Hall–Kier alpha value is -0.790. The number of ether oxygens (including phenoxy) is 2. The van der Waals surface area contributed by atoms with Crippen molar-refractivity contribution in [3.8, 4) is 0 Å². The Labute approximate surface area is 140 Å². The van der Waals surface area contributed by atoms with Crippen LogP contribution in [0.4, 0.5) is 26.3 Å². The van der Waals surface area contributed by atoms with Gasteiger partial charge in [0, 0.05) is 0 Å². The van der Waals surface area contributed by atoms with Gasteiger partial charge in [0.05, 0.1) is 0 Å². The number of alkyl halides is 7. The minimum atomic E-state index is -6.32. The lowest BCUT2D eigenvalue weighted by atomic mass is 10.0. The van der Waals surface area contributed by atoms with Crippen LogP contribution in [-0.4, -0.2) is 51.6 Å². The molecular formula is C11H13F6IO5. The first-order valence-corrected chi connectivity index (χ1v) is 7.08. The first kappa shape index (κ1) is 22.2. The van der Waals surface area contributed by atoms with E-state index in [1.807, 2.05) is 0 Å². The third kappa shape index (κ3) is 5.09. The molecule has 0 spiro atoms. The first-order chi connectivity index (χ1) is 10.1.